The van der Waals surface area contributed by atoms with E-state index in [2.05, 4.69) is 55.4 Å². The highest BCUT2D eigenvalue weighted by Gasteiger charge is 2.27. The zero-order valence-electron chi connectivity index (χ0n) is 21.6. The summed E-state index contributed by atoms with van der Waals surface area (Å²) < 4.78 is 5.72. The monoisotopic (exact) mass is 432 g/mol. The van der Waals surface area contributed by atoms with Crippen molar-refractivity contribution in [2.24, 2.45) is 5.92 Å². The molecular weight excluding hydrogens is 384 g/mol. The number of benzene rings is 1. The summed E-state index contributed by atoms with van der Waals surface area (Å²) in [5.41, 5.74) is 1.16. The van der Waals surface area contributed by atoms with E-state index < -0.39 is 0 Å². The van der Waals surface area contributed by atoms with E-state index in [4.69, 9.17) is 4.74 Å². The molecule has 3 heteroatoms. The molecule has 0 amide bonds. The lowest BCUT2D eigenvalue weighted by atomic mass is 9.79. The Morgan fingerprint density at radius 2 is 1.35 bits per heavy atom. The average Bonchev–Trinajstić information content (AvgIpc) is 2.64. The molecule has 0 heterocycles. The van der Waals surface area contributed by atoms with Crippen LogP contribution in [0.15, 0.2) is 12.1 Å². The number of rotatable bonds is 12. The van der Waals surface area contributed by atoms with E-state index in [0.717, 1.165) is 29.9 Å². The molecule has 0 saturated heterocycles. The van der Waals surface area contributed by atoms with E-state index in [1.54, 1.807) is 0 Å². The molecule has 0 saturated carbocycles. The molecule has 0 aliphatic heterocycles. The molecule has 31 heavy (non-hydrogen) atoms. The maximum absolute atomic E-state index is 12.5. The number of esters is 1. The lowest BCUT2D eigenvalue weighted by molar-refractivity contribution is -0.134. The minimum absolute atomic E-state index is 0.177. The van der Waals surface area contributed by atoms with Crippen molar-refractivity contribution in [1.82, 2.24) is 0 Å². The van der Waals surface area contributed by atoms with Gasteiger partial charge in [-0.2, -0.15) is 0 Å². The normalized spacial score (nSPS) is 13.3. The Bertz CT molecular complexity index is 641. The molecule has 0 aliphatic carbocycles. The maximum atomic E-state index is 12.5. The third-order valence-corrected chi connectivity index (χ3v) is 6.09. The number of phenolic OH excluding ortho intramolecular Hbond substituents is 1. The second-order valence-electron chi connectivity index (χ2n) is 11.2. The molecule has 0 bridgehead atoms. The average molecular weight is 433 g/mol. The topological polar surface area (TPSA) is 46.5 Å². The first-order valence-electron chi connectivity index (χ1n) is 12.5. The molecule has 3 nitrogen and oxygen atoms in total. The predicted octanol–water partition coefficient (Wildman–Crippen LogP) is 8.45. The van der Waals surface area contributed by atoms with E-state index in [1.165, 1.54) is 44.9 Å². The van der Waals surface area contributed by atoms with Crippen molar-refractivity contribution in [3.8, 4) is 11.5 Å². The van der Waals surface area contributed by atoms with Gasteiger partial charge in [-0.3, -0.25) is 4.79 Å². The summed E-state index contributed by atoms with van der Waals surface area (Å²) in [6, 6.07) is 3.65. The minimum atomic E-state index is -0.238. The number of ether oxygens (including phenoxy) is 1. The molecule has 1 aromatic carbocycles. The predicted molar refractivity (Wildman–Crippen MR) is 132 cm³/mol. The maximum Gasteiger partial charge on any atom is 0.311 e. The van der Waals surface area contributed by atoms with Crippen LogP contribution in [0.25, 0.3) is 0 Å². The summed E-state index contributed by atoms with van der Waals surface area (Å²) in [7, 11) is 0. The van der Waals surface area contributed by atoms with Crippen molar-refractivity contribution < 1.29 is 14.6 Å². The summed E-state index contributed by atoms with van der Waals surface area (Å²) in [6.07, 6.45) is 11.4. The first-order valence-corrected chi connectivity index (χ1v) is 12.5. The molecule has 0 aromatic heterocycles. The van der Waals surface area contributed by atoms with Crippen LogP contribution in [0, 0.1) is 5.92 Å². The number of hydrogen-bond acceptors (Lipinski definition) is 3. The molecule has 0 radical (unpaired) electrons. The highest BCUT2D eigenvalue weighted by atomic mass is 16.5. The van der Waals surface area contributed by atoms with Crippen molar-refractivity contribution in [3.05, 3.63) is 23.3 Å². The van der Waals surface area contributed by atoms with Crippen LogP contribution in [0.1, 0.15) is 131 Å². The van der Waals surface area contributed by atoms with Gasteiger partial charge in [-0.25, -0.2) is 0 Å². The SMILES string of the molecule is CCCCCC(CCC)CCCCC(=O)Oc1cc(C(C)(C)C)c(O)c(C(C)(C)C)c1. The minimum Gasteiger partial charge on any atom is -0.507 e. The van der Waals surface area contributed by atoms with Gasteiger partial charge < -0.3 is 9.84 Å². The van der Waals surface area contributed by atoms with E-state index in [1.807, 2.05) is 12.1 Å². The van der Waals surface area contributed by atoms with Gasteiger partial charge in [0.1, 0.15) is 11.5 Å². The first kappa shape index (κ1) is 27.5. The van der Waals surface area contributed by atoms with Crippen LogP contribution in [-0.4, -0.2) is 11.1 Å². The van der Waals surface area contributed by atoms with E-state index >= 15 is 0 Å². The molecular formula is C28H48O3. The molecule has 1 N–H and O–H groups in total. The Kier molecular flexibility index (Phi) is 11.1. The lowest BCUT2D eigenvalue weighted by Crippen LogP contribution is -2.18. The molecule has 1 aromatic rings. The Morgan fingerprint density at radius 1 is 0.839 bits per heavy atom. The number of phenols is 1. The van der Waals surface area contributed by atoms with Crippen LogP contribution < -0.4 is 4.74 Å². The summed E-state index contributed by atoms with van der Waals surface area (Å²) in [5, 5.41) is 10.8. The Hall–Kier alpha value is -1.51. The highest BCUT2D eigenvalue weighted by molar-refractivity contribution is 5.72. The fourth-order valence-electron chi connectivity index (χ4n) is 4.22. The third-order valence-electron chi connectivity index (χ3n) is 6.09. The molecule has 0 spiro atoms. The Balaban J connectivity index is 2.71. The standard InChI is InChI=1S/C28H48O3/c1-9-11-12-16-21(15-10-2)17-13-14-18-25(29)31-22-19-23(27(3,4)5)26(30)24(20-22)28(6,7)8/h19-21,30H,9-18H2,1-8H3. The van der Waals surface area contributed by atoms with Crippen molar-refractivity contribution >= 4 is 5.97 Å². The zero-order valence-corrected chi connectivity index (χ0v) is 21.6. The molecule has 1 rings (SSSR count). The van der Waals surface area contributed by atoms with Gasteiger partial charge in [-0.15, -0.1) is 0 Å². The van der Waals surface area contributed by atoms with Gasteiger partial charge in [0.25, 0.3) is 0 Å². The largest absolute Gasteiger partial charge is 0.507 e. The van der Waals surface area contributed by atoms with Gasteiger partial charge in [-0.1, -0.05) is 107 Å². The van der Waals surface area contributed by atoms with Crippen LogP contribution in [0.5, 0.6) is 11.5 Å². The van der Waals surface area contributed by atoms with Gasteiger partial charge in [-0.05, 0) is 35.3 Å². The quantitative estimate of drug-likeness (QED) is 0.205. The number of unbranched alkanes of at least 4 members (excludes halogenated alkanes) is 3. The van der Waals surface area contributed by atoms with Crippen LogP contribution >= 0.6 is 0 Å². The van der Waals surface area contributed by atoms with Crippen LogP contribution in [0.3, 0.4) is 0 Å². The van der Waals surface area contributed by atoms with Gasteiger partial charge in [0, 0.05) is 17.5 Å². The van der Waals surface area contributed by atoms with Gasteiger partial charge in [0.15, 0.2) is 0 Å². The Morgan fingerprint density at radius 3 is 1.81 bits per heavy atom. The van der Waals surface area contributed by atoms with Crippen LogP contribution in [-0.2, 0) is 15.6 Å². The molecule has 0 fully saturated rings. The van der Waals surface area contributed by atoms with Gasteiger partial charge in [0.05, 0.1) is 0 Å². The third kappa shape index (κ3) is 9.66. The van der Waals surface area contributed by atoms with E-state index in [-0.39, 0.29) is 16.8 Å². The molecule has 178 valence electrons. The van der Waals surface area contributed by atoms with Crippen LogP contribution in [0.4, 0.5) is 0 Å². The zero-order chi connectivity index (χ0) is 23.7. The number of hydrogen-bond donors (Lipinski definition) is 1. The number of carbonyl (C=O) groups is 1. The van der Waals surface area contributed by atoms with E-state index in [9.17, 15) is 9.90 Å². The number of carbonyl (C=O) groups excluding carboxylic acids is 1. The van der Waals surface area contributed by atoms with Gasteiger partial charge >= 0.3 is 5.97 Å². The summed E-state index contributed by atoms with van der Waals surface area (Å²) >= 11 is 0. The fourth-order valence-corrected chi connectivity index (χ4v) is 4.22. The molecule has 0 aliphatic rings. The van der Waals surface area contributed by atoms with E-state index in [0.29, 0.717) is 17.9 Å². The highest BCUT2D eigenvalue weighted by Crippen LogP contribution is 2.41. The molecule has 1 atom stereocenters. The Labute approximate surface area is 192 Å². The fraction of sp³-hybridized carbons (Fsp3) is 0.750. The lowest BCUT2D eigenvalue weighted by Gasteiger charge is -2.27. The summed E-state index contributed by atoms with van der Waals surface area (Å²) in [5.74, 6) is 1.47. The van der Waals surface area contributed by atoms with Gasteiger partial charge in [0.2, 0.25) is 0 Å². The van der Waals surface area contributed by atoms with Crippen LogP contribution in [0.2, 0.25) is 0 Å². The second-order valence-corrected chi connectivity index (χ2v) is 11.2. The second kappa shape index (κ2) is 12.5. The van der Waals surface area contributed by atoms with Crippen molar-refractivity contribution in [2.75, 3.05) is 0 Å². The molecule has 1 unspecified atom stereocenters. The van der Waals surface area contributed by atoms with Crippen molar-refractivity contribution in [3.63, 3.8) is 0 Å². The first-order chi connectivity index (χ1) is 14.4. The smallest absolute Gasteiger partial charge is 0.311 e. The van der Waals surface area contributed by atoms with Crippen molar-refractivity contribution in [2.45, 2.75) is 130 Å². The summed E-state index contributed by atoms with van der Waals surface area (Å²) in [4.78, 5) is 12.5. The van der Waals surface area contributed by atoms with Crippen molar-refractivity contribution in [1.29, 1.82) is 0 Å². The number of aromatic hydroxyl groups is 1. The summed E-state index contributed by atoms with van der Waals surface area (Å²) in [6.45, 7) is 16.9.